The van der Waals surface area contributed by atoms with Crippen LogP contribution in [0, 0.1) is 5.82 Å². The van der Waals surface area contributed by atoms with E-state index in [0.29, 0.717) is 24.7 Å². The number of benzene rings is 2. The fourth-order valence-electron chi connectivity index (χ4n) is 2.56. The van der Waals surface area contributed by atoms with Gasteiger partial charge in [0.25, 0.3) is 5.91 Å². The second-order valence-electron chi connectivity index (χ2n) is 5.67. The Hall–Kier alpha value is -3.29. The molecule has 0 saturated heterocycles. The van der Waals surface area contributed by atoms with Crippen LogP contribution >= 0.6 is 0 Å². The molecule has 150 valence electrons. The minimum Gasteiger partial charge on any atom is -0.494 e. The number of hydrogen-bond acceptors (Lipinski definition) is 5. The highest BCUT2D eigenvalue weighted by molar-refractivity contribution is 5.97. The third-order valence-electron chi connectivity index (χ3n) is 3.84. The van der Waals surface area contributed by atoms with Crippen LogP contribution in [0.3, 0.4) is 0 Å². The summed E-state index contributed by atoms with van der Waals surface area (Å²) in [5.74, 6) is -1.86. The predicted octanol–water partition coefficient (Wildman–Crippen LogP) is 3.19. The summed E-state index contributed by atoms with van der Waals surface area (Å²) in [6, 6.07) is 6.80. The number of carboxylic acid groups (broad SMARTS) is 1. The highest BCUT2D eigenvalue weighted by atomic mass is 19.1. The Morgan fingerprint density at radius 3 is 2.25 bits per heavy atom. The van der Waals surface area contributed by atoms with Gasteiger partial charge in [-0.1, -0.05) is 6.07 Å². The zero-order chi connectivity index (χ0) is 20.7. The fourth-order valence-corrected chi connectivity index (χ4v) is 2.56. The number of aliphatic carboxylic acids is 1. The van der Waals surface area contributed by atoms with E-state index in [-0.39, 0.29) is 16.9 Å². The van der Waals surface area contributed by atoms with E-state index >= 15 is 0 Å². The van der Waals surface area contributed by atoms with Gasteiger partial charge in [0.05, 0.1) is 20.3 Å². The number of methoxy groups -OCH3 is 1. The zero-order valence-electron chi connectivity index (χ0n) is 15.8. The first-order valence-electron chi connectivity index (χ1n) is 8.68. The molecule has 0 heterocycles. The van der Waals surface area contributed by atoms with Crippen molar-refractivity contribution >= 4 is 11.9 Å². The number of carboxylic acids is 1. The van der Waals surface area contributed by atoms with Crippen molar-refractivity contribution in [3.63, 3.8) is 0 Å². The molecule has 2 aromatic carbocycles. The van der Waals surface area contributed by atoms with E-state index in [9.17, 15) is 19.1 Å². The normalized spacial score (nSPS) is 11.4. The van der Waals surface area contributed by atoms with Gasteiger partial charge in [-0.2, -0.15) is 0 Å². The number of ether oxygens (including phenoxy) is 3. The molecule has 2 rings (SSSR count). The van der Waals surface area contributed by atoms with Gasteiger partial charge in [-0.25, -0.2) is 9.18 Å². The summed E-state index contributed by atoms with van der Waals surface area (Å²) in [6.45, 7) is 4.41. The van der Waals surface area contributed by atoms with Crippen LogP contribution in [0.1, 0.15) is 35.8 Å². The minimum atomic E-state index is -1.44. The standard InChI is InChI=1S/C20H22FNO6/c1-4-27-16-9-7-13(11-17(16)28-5-2)19(23)22-18(20(24)25)12-6-8-15(26-3)14(21)10-12/h6-11,18H,4-5H2,1-3H3,(H,22,23)(H,24,25). The van der Waals surface area contributed by atoms with Crippen LogP contribution in [0.15, 0.2) is 36.4 Å². The number of hydrogen-bond donors (Lipinski definition) is 2. The van der Waals surface area contributed by atoms with Crippen LogP contribution in [-0.4, -0.2) is 37.3 Å². The lowest BCUT2D eigenvalue weighted by Crippen LogP contribution is -2.33. The van der Waals surface area contributed by atoms with Crippen LogP contribution < -0.4 is 19.5 Å². The average molecular weight is 391 g/mol. The fraction of sp³-hybridized carbons (Fsp3) is 0.300. The molecule has 0 radical (unpaired) electrons. The Morgan fingerprint density at radius 1 is 1.04 bits per heavy atom. The summed E-state index contributed by atoms with van der Waals surface area (Å²) in [5, 5.41) is 11.9. The molecule has 1 atom stereocenters. The van der Waals surface area contributed by atoms with Gasteiger partial charge in [-0.3, -0.25) is 4.79 Å². The Bertz CT molecular complexity index is 855. The van der Waals surface area contributed by atoms with Crippen molar-refractivity contribution in [3.8, 4) is 17.2 Å². The predicted molar refractivity (Wildman–Crippen MR) is 99.6 cm³/mol. The Labute approximate surface area is 162 Å². The van der Waals surface area contributed by atoms with E-state index in [2.05, 4.69) is 5.32 Å². The second-order valence-corrected chi connectivity index (χ2v) is 5.67. The van der Waals surface area contributed by atoms with E-state index in [0.717, 1.165) is 6.07 Å². The molecule has 0 aliphatic carbocycles. The molecule has 7 nitrogen and oxygen atoms in total. The van der Waals surface area contributed by atoms with E-state index in [1.165, 1.54) is 31.4 Å². The van der Waals surface area contributed by atoms with Crippen LogP contribution in [0.5, 0.6) is 17.2 Å². The lowest BCUT2D eigenvalue weighted by Gasteiger charge is -2.17. The Balaban J connectivity index is 2.28. The number of halogens is 1. The molecule has 28 heavy (non-hydrogen) atoms. The van der Waals surface area contributed by atoms with Crippen molar-refractivity contribution in [3.05, 3.63) is 53.3 Å². The molecule has 0 aliphatic heterocycles. The molecule has 2 aromatic rings. The summed E-state index contributed by atoms with van der Waals surface area (Å²) in [7, 11) is 1.30. The maximum absolute atomic E-state index is 13.9. The van der Waals surface area contributed by atoms with Crippen LogP contribution in [0.2, 0.25) is 0 Å². The van der Waals surface area contributed by atoms with Gasteiger partial charge in [0.1, 0.15) is 0 Å². The quantitative estimate of drug-likeness (QED) is 0.682. The molecule has 1 unspecified atom stereocenters. The average Bonchev–Trinajstić information content (AvgIpc) is 2.67. The van der Waals surface area contributed by atoms with E-state index < -0.39 is 23.7 Å². The molecule has 0 spiro atoms. The first-order valence-corrected chi connectivity index (χ1v) is 8.68. The summed E-state index contributed by atoms with van der Waals surface area (Å²) in [4.78, 5) is 24.2. The van der Waals surface area contributed by atoms with E-state index in [4.69, 9.17) is 14.2 Å². The number of carbonyl (C=O) groups excluding carboxylic acids is 1. The molecule has 2 N–H and O–H groups in total. The van der Waals surface area contributed by atoms with E-state index in [1.807, 2.05) is 6.92 Å². The van der Waals surface area contributed by atoms with Gasteiger partial charge in [-0.05, 0) is 49.7 Å². The van der Waals surface area contributed by atoms with Crippen molar-refractivity contribution < 1.29 is 33.3 Å². The SMILES string of the molecule is CCOc1ccc(C(=O)NC(C(=O)O)c2ccc(OC)c(F)c2)cc1OCC. The number of nitrogens with one attached hydrogen (secondary N) is 1. The Kier molecular flexibility index (Phi) is 7.20. The molecular formula is C20H22FNO6. The second kappa shape index (κ2) is 9.59. The van der Waals surface area contributed by atoms with Crippen LogP contribution in [-0.2, 0) is 4.79 Å². The first kappa shape index (κ1) is 21.0. The van der Waals surface area contributed by atoms with Gasteiger partial charge in [0.15, 0.2) is 29.1 Å². The lowest BCUT2D eigenvalue weighted by atomic mass is 10.1. The van der Waals surface area contributed by atoms with E-state index in [1.54, 1.807) is 13.0 Å². The van der Waals surface area contributed by atoms with Crippen molar-refractivity contribution in [2.24, 2.45) is 0 Å². The summed E-state index contributed by atoms with van der Waals surface area (Å²) < 4.78 is 29.7. The molecule has 1 amide bonds. The van der Waals surface area contributed by atoms with Gasteiger partial charge in [0.2, 0.25) is 0 Å². The van der Waals surface area contributed by atoms with Crippen molar-refractivity contribution in [1.82, 2.24) is 5.32 Å². The smallest absolute Gasteiger partial charge is 0.330 e. The number of carbonyl (C=O) groups is 2. The highest BCUT2D eigenvalue weighted by Crippen LogP contribution is 2.29. The van der Waals surface area contributed by atoms with Crippen molar-refractivity contribution in [2.45, 2.75) is 19.9 Å². The molecule has 0 aliphatic rings. The monoisotopic (exact) mass is 391 g/mol. The van der Waals surface area contributed by atoms with Crippen LogP contribution in [0.25, 0.3) is 0 Å². The lowest BCUT2D eigenvalue weighted by molar-refractivity contribution is -0.139. The molecular weight excluding hydrogens is 369 g/mol. The zero-order valence-corrected chi connectivity index (χ0v) is 15.8. The van der Waals surface area contributed by atoms with Gasteiger partial charge >= 0.3 is 5.97 Å². The summed E-state index contributed by atoms with van der Waals surface area (Å²) in [5.41, 5.74) is 0.266. The maximum atomic E-state index is 13.9. The highest BCUT2D eigenvalue weighted by Gasteiger charge is 2.24. The minimum absolute atomic E-state index is 0.0212. The molecule has 0 bridgehead atoms. The molecule has 0 fully saturated rings. The third kappa shape index (κ3) is 4.91. The van der Waals surface area contributed by atoms with Gasteiger partial charge < -0.3 is 24.6 Å². The van der Waals surface area contributed by atoms with Crippen molar-refractivity contribution in [1.29, 1.82) is 0 Å². The van der Waals surface area contributed by atoms with Crippen molar-refractivity contribution in [2.75, 3.05) is 20.3 Å². The number of rotatable bonds is 9. The van der Waals surface area contributed by atoms with Crippen LogP contribution in [0.4, 0.5) is 4.39 Å². The van der Waals surface area contributed by atoms with Gasteiger partial charge in [0, 0.05) is 5.56 Å². The molecule has 0 saturated carbocycles. The largest absolute Gasteiger partial charge is 0.494 e. The maximum Gasteiger partial charge on any atom is 0.330 e. The summed E-state index contributed by atoms with van der Waals surface area (Å²) in [6.07, 6.45) is 0. The first-order chi connectivity index (χ1) is 13.4. The van der Waals surface area contributed by atoms with Gasteiger partial charge in [-0.15, -0.1) is 0 Å². The summed E-state index contributed by atoms with van der Waals surface area (Å²) >= 11 is 0. The number of amides is 1. The Morgan fingerprint density at radius 2 is 1.68 bits per heavy atom. The third-order valence-corrected chi connectivity index (χ3v) is 3.84. The molecule has 0 aromatic heterocycles. The topological polar surface area (TPSA) is 94.1 Å². The molecule has 8 heteroatoms.